The second kappa shape index (κ2) is 9.82. The lowest BCUT2D eigenvalue weighted by Gasteiger charge is -2.22. The van der Waals surface area contributed by atoms with Crippen molar-refractivity contribution in [2.24, 2.45) is 0 Å². The van der Waals surface area contributed by atoms with E-state index < -0.39 is 0 Å². The van der Waals surface area contributed by atoms with E-state index in [2.05, 4.69) is 38.0 Å². The number of carbonyl (C=O) groups excluding carboxylic acids is 2. The van der Waals surface area contributed by atoms with E-state index >= 15 is 0 Å². The summed E-state index contributed by atoms with van der Waals surface area (Å²) in [5.74, 6) is -0.162. The van der Waals surface area contributed by atoms with E-state index in [1.54, 1.807) is 10.3 Å². The molecule has 2 aromatic rings. The Morgan fingerprint density at radius 2 is 1.79 bits per heavy atom. The lowest BCUT2D eigenvalue weighted by Crippen LogP contribution is -2.31. The van der Waals surface area contributed by atoms with Crippen molar-refractivity contribution < 1.29 is 9.59 Å². The van der Waals surface area contributed by atoms with Crippen LogP contribution in [0.1, 0.15) is 78.9 Å². The van der Waals surface area contributed by atoms with E-state index in [9.17, 15) is 9.59 Å². The van der Waals surface area contributed by atoms with E-state index in [-0.39, 0.29) is 17.2 Å². The minimum Gasteiger partial charge on any atom is -0.351 e. The first-order chi connectivity index (χ1) is 13.3. The number of thiazole rings is 1. The number of amides is 2. The first-order valence-corrected chi connectivity index (χ1v) is 10.8. The molecule has 28 heavy (non-hydrogen) atoms. The smallest absolute Gasteiger partial charge is 0.270 e. The van der Waals surface area contributed by atoms with E-state index in [4.69, 9.17) is 0 Å². The molecule has 0 fully saturated rings. The van der Waals surface area contributed by atoms with Crippen molar-refractivity contribution in [3.63, 3.8) is 0 Å². The number of aromatic nitrogens is 1. The fourth-order valence-corrected chi connectivity index (χ4v) is 3.59. The van der Waals surface area contributed by atoms with Crippen molar-refractivity contribution in [2.45, 2.75) is 59.4 Å². The number of carbonyl (C=O) groups is 2. The second-order valence-electron chi connectivity index (χ2n) is 7.94. The van der Waals surface area contributed by atoms with Crippen LogP contribution in [0.25, 0.3) is 0 Å². The van der Waals surface area contributed by atoms with Gasteiger partial charge in [-0.05, 0) is 36.0 Å². The summed E-state index contributed by atoms with van der Waals surface area (Å²) in [5, 5.41) is 5.36. The van der Waals surface area contributed by atoms with Gasteiger partial charge in [0.2, 0.25) is 0 Å². The van der Waals surface area contributed by atoms with Crippen LogP contribution in [0.4, 0.5) is 0 Å². The van der Waals surface area contributed by atoms with E-state index in [1.165, 1.54) is 16.9 Å². The van der Waals surface area contributed by atoms with E-state index in [0.29, 0.717) is 30.9 Å². The highest BCUT2D eigenvalue weighted by molar-refractivity contribution is 7.09. The van der Waals surface area contributed by atoms with Crippen LogP contribution < -0.4 is 5.32 Å². The quantitative estimate of drug-likeness (QED) is 0.701. The molecule has 0 bridgehead atoms. The van der Waals surface area contributed by atoms with Gasteiger partial charge in [0.05, 0.1) is 6.54 Å². The highest BCUT2D eigenvalue weighted by Gasteiger charge is 2.20. The number of nitrogens with one attached hydrogen (secondary N) is 1. The molecule has 6 heteroatoms. The Balaban J connectivity index is 2.11. The molecule has 2 rings (SSSR count). The molecule has 0 saturated carbocycles. The molecule has 0 aliphatic rings. The van der Waals surface area contributed by atoms with Crippen LogP contribution in [-0.4, -0.2) is 34.8 Å². The van der Waals surface area contributed by atoms with Crippen molar-refractivity contribution in [1.82, 2.24) is 15.2 Å². The number of hydrogen-bond donors (Lipinski definition) is 1. The Morgan fingerprint density at radius 3 is 2.36 bits per heavy atom. The third kappa shape index (κ3) is 5.89. The van der Waals surface area contributed by atoms with Crippen LogP contribution in [0.2, 0.25) is 0 Å². The van der Waals surface area contributed by atoms with Crippen LogP contribution in [0.3, 0.4) is 0 Å². The molecule has 1 aromatic heterocycles. The summed E-state index contributed by atoms with van der Waals surface area (Å²) in [6, 6.07) is 7.85. The summed E-state index contributed by atoms with van der Waals surface area (Å²) in [6.45, 7) is 12.2. The summed E-state index contributed by atoms with van der Waals surface area (Å²) in [4.78, 5) is 31.3. The maximum Gasteiger partial charge on any atom is 0.270 e. The zero-order valence-electron chi connectivity index (χ0n) is 17.5. The fraction of sp³-hybridized carbons (Fsp3) is 0.500. The maximum atomic E-state index is 13.0. The lowest BCUT2D eigenvalue weighted by molar-refractivity contribution is 0.0743. The molecule has 1 aromatic carbocycles. The molecule has 0 aliphatic heterocycles. The monoisotopic (exact) mass is 401 g/mol. The summed E-state index contributed by atoms with van der Waals surface area (Å²) in [6.07, 6.45) is 1.75. The Bertz CT molecular complexity index is 791. The Hall–Kier alpha value is -2.21. The highest BCUT2D eigenvalue weighted by atomic mass is 32.1. The minimum atomic E-state index is -0.157. The largest absolute Gasteiger partial charge is 0.351 e. The summed E-state index contributed by atoms with van der Waals surface area (Å²) >= 11 is 1.42. The zero-order chi connectivity index (χ0) is 20.7. The van der Waals surface area contributed by atoms with Crippen LogP contribution in [-0.2, 0) is 12.0 Å². The van der Waals surface area contributed by atoms with Gasteiger partial charge in [0, 0.05) is 24.0 Å². The topological polar surface area (TPSA) is 62.3 Å². The van der Waals surface area contributed by atoms with Crippen molar-refractivity contribution in [1.29, 1.82) is 0 Å². The van der Waals surface area contributed by atoms with Crippen molar-refractivity contribution >= 4 is 23.2 Å². The molecule has 0 atom stereocenters. The van der Waals surface area contributed by atoms with Crippen molar-refractivity contribution in [3.05, 3.63) is 51.5 Å². The third-order valence-electron chi connectivity index (χ3n) is 4.42. The van der Waals surface area contributed by atoms with Gasteiger partial charge < -0.3 is 10.2 Å². The van der Waals surface area contributed by atoms with Gasteiger partial charge in [-0.3, -0.25) is 9.59 Å². The Kier molecular flexibility index (Phi) is 7.75. The van der Waals surface area contributed by atoms with Gasteiger partial charge in [-0.25, -0.2) is 4.98 Å². The molecule has 0 spiro atoms. The van der Waals surface area contributed by atoms with Crippen LogP contribution in [0, 0.1) is 0 Å². The van der Waals surface area contributed by atoms with Gasteiger partial charge in [0.25, 0.3) is 11.8 Å². The zero-order valence-corrected chi connectivity index (χ0v) is 18.4. The van der Waals surface area contributed by atoms with E-state index in [1.807, 2.05) is 31.2 Å². The summed E-state index contributed by atoms with van der Waals surface area (Å²) in [5.41, 5.74) is 2.36. The van der Waals surface area contributed by atoms with Gasteiger partial charge in [0.15, 0.2) is 0 Å². The van der Waals surface area contributed by atoms with Crippen molar-refractivity contribution in [3.8, 4) is 0 Å². The van der Waals surface area contributed by atoms with Crippen molar-refractivity contribution in [2.75, 3.05) is 13.1 Å². The second-order valence-corrected chi connectivity index (χ2v) is 8.88. The van der Waals surface area contributed by atoms with Crippen LogP contribution >= 0.6 is 11.3 Å². The molecular weight excluding hydrogens is 370 g/mol. The van der Waals surface area contributed by atoms with Crippen LogP contribution in [0.5, 0.6) is 0 Å². The standard InChI is InChI=1S/C22H31N3O2S/c1-6-12-23-20(26)18-15-28-19(24-18)14-25(13-7-2)21(27)16-8-10-17(11-9-16)22(3,4)5/h8-11,15H,6-7,12-14H2,1-5H3,(H,23,26). The predicted octanol–water partition coefficient (Wildman–Crippen LogP) is 4.63. The third-order valence-corrected chi connectivity index (χ3v) is 5.26. The van der Waals surface area contributed by atoms with Gasteiger partial charge in [-0.2, -0.15) is 0 Å². The average Bonchev–Trinajstić information content (AvgIpc) is 3.13. The molecule has 0 radical (unpaired) electrons. The molecule has 152 valence electrons. The number of hydrogen-bond acceptors (Lipinski definition) is 4. The van der Waals surface area contributed by atoms with Gasteiger partial charge in [0.1, 0.15) is 10.7 Å². The lowest BCUT2D eigenvalue weighted by atomic mass is 9.86. The van der Waals surface area contributed by atoms with Crippen LogP contribution in [0.15, 0.2) is 29.6 Å². The Labute approximate surface area is 172 Å². The predicted molar refractivity (Wildman–Crippen MR) is 115 cm³/mol. The molecule has 1 N–H and O–H groups in total. The maximum absolute atomic E-state index is 13.0. The number of rotatable bonds is 8. The molecule has 0 unspecified atom stereocenters. The average molecular weight is 402 g/mol. The minimum absolute atomic E-state index is 0.00510. The Morgan fingerprint density at radius 1 is 1.11 bits per heavy atom. The highest BCUT2D eigenvalue weighted by Crippen LogP contribution is 2.23. The molecule has 1 heterocycles. The summed E-state index contributed by atoms with van der Waals surface area (Å²) in [7, 11) is 0. The fourth-order valence-electron chi connectivity index (χ4n) is 2.80. The molecule has 0 saturated heterocycles. The molecule has 2 amide bonds. The normalized spacial score (nSPS) is 11.3. The SMILES string of the molecule is CCCNC(=O)c1csc(CN(CCC)C(=O)c2ccc(C(C)(C)C)cc2)n1. The first kappa shape index (κ1) is 22.1. The number of benzene rings is 1. The van der Waals surface area contributed by atoms with Gasteiger partial charge in [-0.1, -0.05) is 46.8 Å². The molecule has 0 aliphatic carbocycles. The number of nitrogens with zero attached hydrogens (tertiary/aromatic N) is 2. The molecular formula is C22H31N3O2S. The van der Waals surface area contributed by atoms with Gasteiger partial charge >= 0.3 is 0 Å². The summed E-state index contributed by atoms with van der Waals surface area (Å²) < 4.78 is 0. The van der Waals surface area contributed by atoms with E-state index in [0.717, 1.165) is 17.8 Å². The molecule has 5 nitrogen and oxygen atoms in total. The first-order valence-electron chi connectivity index (χ1n) is 9.88. The van der Waals surface area contributed by atoms with Gasteiger partial charge in [-0.15, -0.1) is 11.3 Å².